The van der Waals surface area contributed by atoms with E-state index in [1.54, 1.807) is 33.5 Å². The number of methoxy groups -OCH3 is 4. The second-order valence-electron chi connectivity index (χ2n) is 19.9. The van der Waals surface area contributed by atoms with Gasteiger partial charge in [0.05, 0.1) is 49.4 Å². The van der Waals surface area contributed by atoms with Gasteiger partial charge in [0.2, 0.25) is 0 Å². The molecule has 0 aliphatic carbocycles. The SMILES string of the molecule is C=Nc1cc(OCc2cc(COc3cc4c(cc3OC)C(=O)N3c5ccccc5CC3(C)C=N4)cc(N(C)C(C)(C)CCOC(C)(C)CCC(=O)OC)c2)c(OC)cc1C(OC)N1CCc2ccccc21. The molecule has 5 aromatic carbocycles. The second-order valence-corrected chi connectivity index (χ2v) is 19.9. The zero-order chi connectivity index (χ0) is 50.7. The smallest absolute Gasteiger partial charge is 0.305 e. The molecule has 2 atom stereocenters. The summed E-state index contributed by atoms with van der Waals surface area (Å²) < 4.78 is 42.4. The highest BCUT2D eigenvalue weighted by Gasteiger charge is 2.45. The zero-order valence-corrected chi connectivity index (χ0v) is 42.8. The summed E-state index contributed by atoms with van der Waals surface area (Å²) in [5, 5.41) is 0. The summed E-state index contributed by atoms with van der Waals surface area (Å²) in [6.07, 6.45) is 4.54. The fraction of sp³-hybridized carbons (Fsp3) is 0.404. The van der Waals surface area contributed by atoms with Crippen molar-refractivity contribution in [3.63, 3.8) is 0 Å². The molecule has 0 spiro atoms. The molecule has 14 nitrogen and oxygen atoms in total. The number of para-hydroxylation sites is 2. The molecule has 71 heavy (non-hydrogen) atoms. The van der Waals surface area contributed by atoms with Crippen molar-refractivity contribution in [2.45, 2.75) is 103 Å². The van der Waals surface area contributed by atoms with Crippen molar-refractivity contribution in [1.82, 2.24) is 0 Å². The number of aliphatic imine (C=N–C) groups is 2. The van der Waals surface area contributed by atoms with Gasteiger partial charge in [-0.3, -0.25) is 24.5 Å². The van der Waals surface area contributed by atoms with Crippen LogP contribution in [0.1, 0.15) is 98.3 Å². The number of rotatable bonds is 21. The van der Waals surface area contributed by atoms with Crippen molar-refractivity contribution in [3.8, 4) is 23.0 Å². The van der Waals surface area contributed by atoms with Crippen LogP contribution < -0.4 is 33.6 Å². The molecule has 374 valence electrons. The Hall–Kier alpha value is -6.90. The first-order chi connectivity index (χ1) is 34.0. The van der Waals surface area contributed by atoms with E-state index in [-0.39, 0.29) is 37.0 Å². The van der Waals surface area contributed by atoms with E-state index in [0.717, 1.165) is 52.3 Å². The van der Waals surface area contributed by atoms with E-state index in [1.165, 1.54) is 12.7 Å². The molecule has 3 aliphatic heterocycles. The molecule has 3 heterocycles. The minimum Gasteiger partial charge on any atom is -0.493 e. The van der Waals surface area contributed by atoms with Crippen molar-refractivity contribution < 1.29 is 42.7 Å². The Balaban J connectivity index is 1.07. The Morgan fingerprint density at radius 3 is 2.14 bits per heavy atom. The average molecular weight is 966 g/mol. The van der Waals surface area contributed by atoms with Gasteiger partial charge in [-0.15, -0.1) is 0 Å². The lowest BCUT2D eigenvalue weighted by Gasteiger charge is -2.39. The lowest BCUT2D eigenvalue weighted by atomic mass is 9.96. The molecule has 3 aliphatic rings. The number of ether oxygens (including phenoxy) is 7. The van der Waals surface area contributed by atoms with Crippen molar-refractivity contribution in [1.29, 1.82) is 0 Å². The van der Waals surface area contributed by atoms with Gasteiger partial charge in [-0.1, -0.05) is 36.4 Å². The first-order valence-electron chi connectivity index (χ1n) is 24.1. The lowest BCUT2D eigenvalue weighted by molar-refractivity contribution is -0.142. The topological polar surface area (TPSA) is 133 Å². The fourth-order valence-electron chi connectivity index (χ4n) is 9.79. The first-order valence-corrected chi connectivity index (χ1v) is 24.1. The lowest BCUT2D eigenvalue weighted by Crippen LogP contribution is -2.48. The predicted octanol–water partition coefficient (Wildman–Crippen LogP) is 10.9. The van der Waals surface area contributed by atoms with Gasteiger partial charge in [-0.2, -0.15) is 0 Å². The number of esters is 1. The molecule has 0 N–H and O–H groups in total. The second kappa shape index (κ2) is 20.8. The van der Waals surface area contributed by atoms with Crippen LogP contribution in [0.4, 0.5) is 28.4 Å². The molecular weight excluding hydrogens is 899 g/mol. The van der Waals surface area contributed by atoms with Crippen molar-refractivity contribution >= 4 is 53.2 Å². The van der Waals surface area contributed by atoms with Crippen LogP contribution in [0.25, 0.3) is 0 Å². The third kappa shape index (κ3) is 10.6. The van der Waals surface area contributed by atoms with Crippen molar-refractivity contribution in [2.24, 2.45) is 9.98 Å². The molecule has 5 aromatic rings. The summed E-state index contributed by atoms with van der Waals surface area (Å²) in [5.41, 5.74) is 7.94. The van der Waals surface area contributed by atoms with Gasteiger partial charge in [0, 0.05) is 86.7 Å². The molecule has 0 saturated heterocycles. The highest BCUT2D eigenvalue weighted by molar-refractivity contribution is 6.16. The van der Waals surface area contributed by atoms with Crippen LogP contribution in [0.2, 0.25) is 0 Å². The van der Waals surface area contributed by atoms with Crippen LogP contribution in [0, 0.1) is 0 Å². The third-order valence-electron chi connectivity index (χ3n) is 14.2. The van der Waals surface area contributed by atoms with Crippen molar-refractivity contribution in [2.75, 3.05) is 63.3 Å². The maximum atomic E-state index is 14.3. The predicted molar refractivity (Wildman–Crippen MR) is 279 cm³/mol. The van der Waals surface area contributed by atoms with Gasteiger partial charge in [0.15, 0.2) is 29.2 Å². The van der Waals surface area contributed by atoms with Crippen LogP contribution in [0.3, 0.4) is 0 Å². The molecule has 2 unspecified atom stereocenters. The summed E-state index contributed by atoms with van der Waals surface area (Å²) in [7, 11) is 8.35. The fourth-order valence-corrected chi connectivity index (χ4v) is 9.79. The van der Waals surface area contributed by atoms with Gasteiger partial charge in [0.1, 0.15) is 13.2 Å². The minimum absolute atomic E-state index is 0.147. The number of carbonyl (C=O) groups excluding carboxylic acids is 2. The third-order valence-corrected chi connectivity index (χ3v) is 14.2. The number of nitrogens with zero attached hydrogens (tertiary/aromatic N) is 5. The van der Waals surface area contributed by atoms with E-state index >= 15 is 0 Å². The molecular formula is C57H67N5O9. The number of hydrogen-bond donors (Lipinski definition) is 0. The standard InChI is InChI=1S/C57H67N5O9/c1-55(2,23-25-71-56(3,4)22-20-52(63)67-10)60(7)41-27-37(34-69-50-31-44(58-6)43(30-49(50)66-9)54(68-11)61-24-21-39-16-12-14-18-46(39)61)26-38(28-41)35-70-51-32-45-42(29-48(51)65-8)53(64)62-47-19-15-13-17-40(47)33-57(62,5)36-59-45/h12-19,26-32,36,54H,6,20-25,33-35H2,1-5,7-11H3. The number of hydrogen-bond acceptors (Lipinski definition) is 13. The Bertz CT molecular complexity index is 2820. The average Bonchev–Trinajstić information content (AvgIpc) is 3.90. The molecule has 8 rings (SSSR count). The molecule has 14 heteroatoms. The quantitative estimate of drug-likeness (QED) is 0.0514. The van der Waals surface area contributed by atoms with E-state index in [4.69, 9.17) is 38.2 Å². The van der Waals surface area contributed by atoms with E-state index in [1.807, 2.05) is 68.3 Å². The van der Waals surface area contributed by atoms with Crippen LogP contribution in [0.15, 0.2) is 101 Å². The highest BCUT2D eigenvalue weighted by atomic mass is 16.5. The summed E-state index contributed by atoms with van der Waals surface area (Å²) in [6.45, 7) is 15.9. The van der Waals surface area contributed by atoms with Crippen molar-refractivity contribution in [3.05, 3.63) is 124 Å². The molecule has 0 aromatic heterocycles. The molecule has 0 saturated carbocycles. The number of carbonyl (C=O) groups is 2. The summed E-state index contributed by atoms with van der Waals surface area (Å²) in [4.78, 5) is 41.8. The normalized spacial score (nSPS) is 16.3. The number of anilines is 3. The Labute approximate surface area is 418 Å². The Kier molecular flexibility index (Phi) is 14.8. The molecule has 0 fully saturated rings. The number of benzene rings is 5. The van der Waals surface area contributed by atoms with Gasteiger partial charge in [-0.25, -0.2) is 0 Å². The van der Waals surface area contributed by atoms with E-state index in [2.05, 4.69) is 84.9 Å². The molecule has 0 bridgehead atoms. The number of amides is 1. The van der Waals surface area contributed by atoms with Gasteiger partial charge >= 0.3 is 5.97 Å². The highest BCUT2D eigenvalue weighted by Crippen LogP contribution is 2.46. The maximum absolute atomic E-state index is 14.3. The minimum atomic E-state index is -0.623. The molecule has 1 amide bonds. The van der Waals surface area contributed by atoms with Gasteiger partial charge < -0.3 is 43.0 Å². The van der Waals surface area contributed by atoms with Crippen LogP contribution in [0.5, 0.6) is 23.0 Å². The largest absolute Gasteiger partial charge is 0.493 e. The van der Waals surface area contributed by atoms with Crippen LogP contribution >= 0.6 is 0 Å². The summed E-state index contributed by atoms with van der Waals surface area (Å²) in [5.74, 6) is 1.50. The number of fused-ring (bicyclic) bond motifs is 5. The van der Waals surface area contributed by atoms with Gasteiger partial charge in [0.25, 0.3) is 5.91 Å². The monoisotopic (exact) mass is 965 g/mol. The summed E-state index contributed by atoms with van der Waals surface area (Å²) >= 11 is 0. The first kappa shape index (κ1) is 50.5. The van der Waals surface area contributed by atoms with Gasteiger partial charge in [-0.05, 0) is 125 Å². The Morgan fingerprint density at radius 2 is 1.48 bits per heavy atom. The van der Waals surface area contributed by atoms with E-state index in [9.17, 15) is 9.59 Å². The van der Waals surface area contributed by atoms with E-state index < -0.39 is 17.4 Å². The Morgan fingerprint density at radius 1 is 0.831 bits per heavy atom. The molecule has 0 radical (unpaired) electrons. The van der Waals surface area contributed by atoms with Crippen LogP contribution in [-0.2, 0) is 45.1 Å². The maximum Gasteiger partial charge on any atom is 0.305 e. The summed E-state index contributed by atoms with van der Waals surface area (Å²) in [6, 6.07) is 29.9. The zero-order valence-electron chi connectivity index (χ0n) is 42.8. The van der Waals surface area contributed by atoms with Crippen LogP contribution in [-0.4, -0.2) is 90.1 Å². The van der Waals surface area contributed by atoms with E-state index in [0.29, 0.717) is 65.8 Å².